The summed E-state index contributed by atoms with van der Waals surface area (Å²) in [6.45, 7) is 6.58. The average Bonchev–Trinajstić information content (AvgIpc) is 2.83. The highest BCUT2D eigenvalue weighted by Crippen LogP contribution is 2.21. The van der Waals surface area contributed by atoms with E-state index in [1.807, 2.05) is 38.1 Å². The molecule has 2 rings (SSSR count). The first-order chi connectivity index (χ1) is 9.86. The second-order valence-corrected chi connectivity index (χ2v) is 6.37. The molecule has 0 fully saturated rings. The van der Waals surface area contributed by atoms with Crippen molar-refractivity contribution in [3.63, 3.8) is 0 Å². The molecule has 1 N–H and O–H groups in total. The van der Waals surface area contributed by atoms with Gasteiger partial charge in [-0.2, -0.15) is 0 Å². The molecule has 2 heterocycles. The van der Waals surface area contributed by atoms with Gasteiger partial charge in [-0.15, -0.1) is 11.3 Å². The Labute approximate surface area is 128 Å². The van der Waals surface area contributed by atoms with Gasteiger partial charge in [-0.25, -0.2) is 14.8 Å². The number of carbonyl (C=O) groups is 1. The van der Waals surface area contributed by atoms with Gasteiger partial charge >= 0.3 is 5.97 Å². The third kappa shape index (κ3) is 3.78. The van der Waals surface area contributed by atoms with Crippen LogP contribution in [0.1, 0.15) is 46.5 Å². The van der Waals surface area contributed by atoms with Crippen LogP contribution in [-0.2, 0) is 6.54 Å². The van der Waals surface area contributed by atoms with Crippen molar-refractivity contribution in [1.82, 2.24) is 9.97 Å². The van der Waals surface area contributed by atoms with Crippen LogP contribution < -0.4 is 4.90 Å². The van der Waals surface area contributed by atoms with Crippen molar-refractivity contribution >= 4 is 23.1 Å². The Morgan fingerprint density at radius 3 is 2.62 bits per heavy atom. The van der Waals surface area contributed by atoms with Crippen molar-refractivity contribution in [1.29, 1.82) is 0 Å². The van der Waals surface area contributed by atoms with Gasteiger partial charge in [0, 0.05) is 18.1 Å². The summed E-state index contributed by atoms with van der Waals surface area (Å²) in [4.78, 5) is 22.2. The van der Waals surface area contributed by atoms with Crippen molar-refractivity contribution in [3.05, 3.63) is 39.5 Å². The number of carboxylic acid groups (broad SMARTS) is 1. The zero-order valence-electron chi connectivity index (χ0n) is 12.6. The molecule has 0 aliphatic heterocycles. The predicted molar refractivity (Wildman–Crippen MR) is 84.2 cm³/mol. The van der Waals surface area contributed by atoms with Gasteiger partial charge in [0.05, 0.1) is 22.8 Å². The van der Waals surface area contributed by atoms with Crippen molar-refractivity contribution in [2.75, 3.05) is 11.9 Å². The van der Waals surface area contributed by atoms with Crippen LogP contribution >= 0.6 is 11.3 Å². The summed E-state index contributed by atoms with van der Waals surface area (Å²) in [5.41, 5.74) is 2.02. The third-order valence-electron chi connectivity index (χ3n) is 3.13. The lowest BCUT2D eigenvalue weighted by Gasteiger charge is -2.19. The molecule has 2 aromatic heterocycles. The van der Waals surface area contributed by atoms with Crippen LogP contribution in [0.25, 0.3) is 0 Å². The van der Waals surface area contributed by atoms with E-state index in [4.69, 9.17) is 0 Å². The number of carboxylic acids is 1. The third-order valence-corrected chi connectivity index (χ3v) is 3.95. The summed E-state index contributed by atoms with van der Waals surface area (Å²) in [6, 6.07) is 3.24. The molecule has 0 aliphatic carbocycles. The fraction of sp³-hybridized carbons (Fsp3) is 0.400. The summed E-state index contributed by atoms with van der Waals surface area (Å²) < 4.78 is 0. The van der Waals surface area contributed by atoms with Crippen LogP contribution in [0, 0.1) is 6.92 Å². The molecule has 0 spiro atoms. The average molecular weight is 305 g/mol. The summed E-state index contributed by atoms with van der Waals surface area (Å²) in [6.07, 6.45) is 0. The molecule has 0 saturated heterocycles. The van der Waals surface area contributed by atoms with Crippen molar-refractivity contribution in [2.24, 2.45) is 0 Å². The van der Waals surface area contributed by atoms with Gasteiger partial charge in [-0.05, 0) is 25.0 Å². The van der Waals surface area contributed by atoms with Crippen LogP contribution in [0.4, 0.5) is 5.82 Å². The van der Waals surface area contributed by atoms with Gasteiger partial charge < -0.3 is 10.0 Å². The van der Waals surface area contributed by atoms with E-state index in [0.29, 0.717) is 12.4 Å². The monoisotopic (exact) mass is 305 g/mol. The molecule has 0 aromatic carbocycles. The summed E-state index contributed by atoms with van der Waals surface area (Å²) in [5.74, 6) is -0.0966. The molecule has 0 amide bonds. The number of thiazole rings is 1. The summed E-state index contributed by atoms with van der Waals surface area (Å²) in [5, 5.41) is 12.3. The van der Waals surface area contributed by atoms with E-state index in [9.17, 15) is 9.90 Å². The van der Waals surface area contributed by atoms with E-state index >= 15 is 0 Å². The van der Waals surface area contributed by atoms with Gasteiger partial charge in [0.1, 0.15) is 5.82 Å². The highest BCUT2D eigenvalue weighted by Gasteiger charge is 2.14. The number of aromatic nitrogens is 2. The first-order valence-electron chi connectivity index (χ1n) is 6.74. The number of hydrogen-bond acceptors (Lipinski definition) is 5. The molecule has 112 valence electrons. The number of pyridine rings is 1. The highest BCUT2D eigenvalue weighted by molar-refractivity contribution is 7.09. The number of hydrogen-bond donors (Lipinski definition) is 1. The van der Waals surface area contributed by atoms with Crippen LogP contribution in [-0.4, -0.2) is 28.1 Å². The molecule has 5 nitrogen and oxygen atoms in total. The highest BCUT2D eigenvalue weighted by atomic mass is 32.1. The van der Waals surface area contributed by atoms with E-state index in [1.54, 1.807) is 23.5 Å². The van der Waals surface area contributed by atoms with Gasteiger partial charge in [-0.3, -0.25) is 0 Å². The minimum Gasteiger partial charge on any atom is -0.478 e. The Bertz CT molecular complexity index is 652. The molecule has 0 aliphatic rings. The molecule has 0 bridgehead atoms. The lowest BCUT2D eigenvalue weighted by molar-refractivity contribution is 0.0696. The zero-order valence-corrected chi connectivity index (χ0v) is 13.4. The molecule has 21 heavy (non-hydrogen) atoms. The lowest BCUT2D eigenvalue weighted by Crippen LogP contribution is -2.19. The topological polar surface area (TPSA) is 66.3 Å². The number of nitrogens with zero attached hydrogens (tertiary/aromatic N) is 3. The number of aryl methyl sites for hydroxylation is 1. The van der Waals surface area contributed by atoms with Crippen LogP contribution in [0.5, 0.6) is 0 Å². The van der Waals surface area contributed by atoms with Crippen LogP contribution in [0.2, 0.25) is 0 Å². The largest absolute Gasteiger partial charge is 0.478 e. The first-order valence-corrected chi connectivity index (χ1v) is 7.62. The normalized spacial score (nSPS) is 10.9. The molecule has 6 heteroatoms. The molecule has 0 unspecified atom stereocenters. The fourth-order valence-electron chi connectivity index (χ4n) is 1.96. The molecular formula is C15H19N3O2S. The van der Waals surface area contributed by atoms with E-state index < -0.39 is 5.97 Å². The van der Waals surface area contributed by atoms with Crippen molar-refractivity contribution in [3.8, 4) is 0 Å². The van der Waals surface area contributed by atoms with E-state index in [1.165, 1.54) is 0 Å². The first kappa shape index (κ1) is 15.4. The number of anilines is 1. The van der Waals surface area contributed by atoms with Gasteiger partial charge in [0.2, 0.25) is 0 Å². The maximum absolute atomic E-state index is 11.3. The lowest BCUT2D eigenvalue weighted by atomic mass is 10.1. The molecule has 0 radical (unpaired) electrons. The van der Waals surface area contributed by atoms with Crippen LogP contribution in [0.15, 0.2) is 17.5 Å². The molecule has 0 atom stereocenters. The second kappa shape index (κ2) is 6.22. The molecule has 0 saturated carbocycles. The Morgan fingerprint density at radius 2 is 2.10 bits per heavy atom. The van der Waals surface area contributed by atoms with E-state index in [-0.39, 0.29) is 11.5 Å². The number of aromatic carboxylic acids is 1. The van der Waals surface area contributed by atoms with Gasteiger partial charge in [0.25, 0.3) is 0 Å². The minimum absolute atomic E-state index is 0.179. The summed E-state index contributed by atoms with van der Waals surface area (Å²) in [7, 11) is 1.90. The zero-order chi connectivity index (χ0) is 15.6. The van der Waals surface area contributed by atoms with E-state index in [2.05, 4.69) is 9.97 Å². The fourth-order valence-corrected chi connectivity index (χ4v) is 2.56. The molecular weight excluding hydrogens is 286 g/mol. The van der Waals surface area contributed by atoms with Crippen LogP contribution in [0.3, 0.4) is 0 Å². The maximum Gasteiger partial charge on any atom is 0.335 e. The Balaban J connectivity index is 2.30. The van der Waals surface area contributed by atoms with Gasteiger partial charge in [0.15, 0.2) is 0 Å². The Hall–Kier alpha value is -1.95. The minimum atomic E-state index is -0.932. The maximum atomic E-state index is 11.3. The van der Waals surface area contributed by atoms with Gasteiger partial charge in [-0.1, -0.05) is 13.8 Å². The van der Waals surface area contributed by atoms with E-state index in [0.717, 1.165) is 16.4 Å². The standard InChI is InChI=1S/C15H19N3O2S/c1-9(2)13-5-11(15(19)20)6-14(17-13)18(4)7-12-8-21-10(3)16-12/h5-6,8-9H,7H2,1-4H3,(H,19,20). The van der Waals surface area contributed by atoms with Crippen molar-refractivity contribution in [2.45, 2.75) is 33.2 Å². The smallest absolute Gasteiger partial charge is 0.335 e. The quantitative estimate of drug-likeness (QED) is 0.918. The second-order valence-electron chi connectivity index (χ2n) is 5.31. The Morgan fingerprint density at radius 1 is 1.38 bits per heavy atom. The predicted octanol–water partition coefficient (Wildman–Crippen LogP) is 3.30. The summed E-state index contributed by atoms with van der Waals surface area (Å²) >= 11 is 1.61. The van der Waals surface area contributed by atoms with Crippen molar-refractivity contribution < 1.29 is 9.90 Å². The Kier molecular flexibility index (Phi) is 4.57. The molecule has 2 aromatic rings. The number of rotatable bonds is 5. The SMILES string of the molecule is Cc1nc(CN(C)c2cc(C(=O)O)cc(C(C)C)n2)cs1.